The fraction of sp³-hybridized carbons (Fsp3) is 0.500. The number of halogens is 2. The predicted molar refractivity (Wildman–Crippen MR) is 75.6 cm³/mol. The minimum absolute atomic E-state index is 0.0136. The van der Waals surface area contributed by atoms with E-state index in [9.17, 15) is 13.6 Å². The number of hydrogen-bond acceptors (Lipinski definition) is 3. The Kier molecular flexibility index (Phi) is 6.54. The third-order valence-corrected chi connectivity index (χ3v) is 3.04. The zero-order valence-corrected chi connectivity index (χ0v) is 12.0. The molecule has 1 amide bonds. The molecule has 0 bridgehead atoms. The minimum Gasteiger partial charge on any atom is -0.320 e. The summed E-state index contributed by atoms with van der Waals surface area (Å²) in [5.74, 6) is -2.03. The maximum Gasteiger partial charge on any atom is 0.238 e. The summed E-state index contributed by atoms with van der Waals surface area (Å²) in [4.78, 5) is 13.7. The molecular formula is C14H21F2N3O. The van der Waals surface area contributed by atoms with Crippen LogP contribution in [0.2, 0.25) is 0 Å². The molecule has 0 aliphatic heterocycles. The van der Waals surface area contributed by atoms with Crippen molar-refractivity contribution in [2.75, 3.05) is 32.0 Å². The Hall–Kier alpha value is -1.53. The van der Waals surface area contributed by atoms with E-state index in [0.29, 0.717) is 12.6 Å². The third-order valence-electron chi connectivity index (χ3n) is 3.04. The van der Waals surface area contributed by atoms with Gasteiger partial charge in [-0.25, -0.2) is 8.78 Å². The molecule has 0 unspecified atom stereocenters. The lowest BCUT2D eigenvalue weighted by Gasteiger charge is -2.20. The summed E-state index contributed by atoms with van der Waals surface area (Å²) in [7, 11) is 1.99. The van der Waals surface area contributed by atoms with Gasteiger partial charge >= 0.3 is 0 Å². The molecule has 0 heterocycles. The van der Waals surface area contributed by atoms with E-state index in [1.165, 1.54) is 6.07 Å². The van der Waals surface area contributed by atoms with Gasteiger partial charge in [-0.15, -0.1) is 0 Å². The molecule has 1 aromatic rings. The number of carbonyl (C=O) groups is 1. The van der Waals surface area contributed by atoms with Gasteiger partial charge in [0, 0.05) is 19.1 Å². The maximum atomic E-state index is 13.3. The molecule has 4 nitrogen and oxygen atoms in total. The summed E-state index contributed by atoms with van der Waals surface area (Å²) in [6.07, 6.45) is 0. The van der Waals surface area contributed by atoms with Gasteiger partial charge in [0.05, 0.1) is 6.54 Å². The monoisotopic (exact) mass is 285 g/mol. The van der Waals surface area contributed by atoms with Gasteiger partial charge in [-0.2, -0.15) is 0 Å². The number of hydrogen-bond donors (Lipinski definition) is 2. The molecule has 20 heavy (non-hydrogen) atoms. The van der Waals surface area contributed by atoms with Crippen molar-refractivity contribution >= 4 is 11.6 Å². The molecular weight excluding hydrogens is 264 g/mol. The quantitative estimate of drug-likeness (QED) is 0.751. The van der Waals surface area contributed by atoms with Crippen LogP contribution in [0.4, 0.5) is 14.5 Å². The smallest absolute Gasteiger partial charge is 0.238 e. The van der Waals surface area contributed by atoms with E-state index in [2.05, 4.69) is 29.4 Å². The van der Waals surface area contributed by atoms with E-state index < -0.39 is 23.2 Å². The fourth-order valence-electron chi connectivity index (χ4n) is 1.52. The first kappa shape index (κ1) is 16.5. The van der Waals surface area contributed by atoms with Crippen molar-refractivity contribution in [3.63, 3.8) is 0 Å². The first-order chi connectivity index (χ1) is 9.41. The molecule has 0 spiro atoms. The van der Waals surface area contributed by atoms with Gasteiger partial charge in [-0.3, -0.25) is 4.79 Å². The Bertz CT molecular complexity index is 432. The summed E-state index contributed by atoms with van der Waals surface area (Å²) in [6, 6.07) is 3.88. The van der Waals surface area contributed by atoms with Gasteiger partial charge < -0.3 is 15.5 Å². The Morgan fingerprint density at radius 3 is 2.45 bits per heavy atom. The van der Waals surface area contributed by atoms with Crippen LogP contribution >= 0.6 is 0 Å². The second-order valence-electron chi connectivity index (χ2n) is 4.90. The largest absolute Gasteiger partial charge is 0.320 e. The summed E-state index contributed by atoms with van der Waals surface area (Å²) in [6.45, 7) is 5.59. The fourth-order valence-corrected chi connectivity index (χ4v) is 1.52. The van der Waals surface area contributed by atoms with Crippen LogP contribution in [0.25, 0.3) is 0 Å². The molecule has 112 valence electrons. The van der Waals surface area contributed by atoms with Crippen LogP contribution in [0.3, 0.4) is 0 Å². The van der Waals surface area contributed by atoms with E-state index in [4.69, 9.17) is 0 Å². The average molecular weight is 285 g/mol. The molecule has 2 N–H and O–H groups in total. The zero-order valence-electron chi connectivity index (χ0n) is 12.0. The van der Waals surface area contributed by atoms with Gasteiger partial charge in [0.1, 0.15) is 17.3 Å². The number of anilines is 1. The van der Waals surface area contributed by atoms with Gasteiger partial charge in [0.25, 0.3) is 0 Å². The molecule has 6 heteroatoms. The Morgan fingerprint density at radius 1 is 1.30 bits per heavy atom. The molecule has 1 rings (SSSR count). The van der Waals surface area contributed by atoms with Gasteiger partial charge in [-0.1, -0.05) is 6.07 Å². The molecule has 0 aliphatic rings. The number of likely N-dealkylation sites (N-methyl/N-ethyl adjacent to an activating group) is 1. The third kappa shape index (κ3) is 5.22. The SMILES string of the molecule is CC(C)N(C)CCNCC(=O)Nc1c(F)cccc1F. The maximum absolute atomic E-state index is 13.3. The number of nitrogens with zero attached hydrogens (tertiary/aromatic N) is 1. The van der Waals surface area contributed by atoms with Crippen molar-refractivity contribution in [3.8, 4) is 0 Å². The van der Waals surface area contributed by atoms with E-state index in [-0.39, 0.29) is 6.54 Å². The lowest BCUT2D eigenvalue weighted by atomic mass is 10.3. The summed E-state index contributed by atoms with van der Waals surface area (Å²) in [5.41, 5.74) is -0.404. The van der Waals surface area contributed by atoms with Crippen molar-refractivity contribution in [1.82, 2.24) is 10.2 Å². The van der Waals surface area contributed by atoms with Crippen LogP contribution in [0.1, 0.15) is 13.8 Å². The molecule has 0 saturated heterocycles. The van der Waals surface area contributed by atoms with Crippen LogP contribution in [0, 0.1) is 11.6 Å². The lowest BCUT2D eigenvalue weighted by Crippen LogP contribution is -2.36. The molecule has 0 atom stereocenters. The minimum atomic E-state index is -0.780. The van der Waals surface area contributed by atoms with Crippen molar-refractivity contribution in [2.45, 2.75) is 19.9 Å². The normalized spacial score (nSPS) is 11.2. The zero-order chi connectivity index (χ0) is 15.1. The first-order valence-electron chi connectivity index (χ1n) is 6.56. The van der Waals surface area contributed by atoms with Gasteiger partial charge in [0.15, 0.2) is 0 Å². The van der Waals surface area contributed by atoms with Gasteiger partial charge in [0.2, 0.25) is 5.91 Å². The topological polar surface area (TPSA) is 44.4 Å². The number of carbonyl (C=O) groups excluding carboxylic acids is 1. The number of nitrogens with one attached hydrogen (secondary N) is 2. The second-order valence-corrected chi connectivity index (χ2v) is 4.90. The van der Waals surface area contributed by atoms with E-state index in [1.54, 1.807) is 0 Å². The van der Waals surface area contributed by atoms with Gasteiger partial charge in [-0.05, 0) is 33.0 Å². The molecule has 0 radical (unpaired) electrons. The first-order valence-corrected chi connectivity index (χ1v) is 6.56. The van der Waals surface area contributed by atoms with Crippen LogP contribution in [-0.2, 0) is 4.79 Å². The Labute approximate surface area is 118 Å². The molecule has 0 aliphatic carbocycles. The number of rotatable bonds is 7. The molecule has 0 saturated carbocycles. The van der Waals surface area contributed by atoms with Crippen LogP contribution < -0.4 is 10.6 Å². The second kappa shape index (κ2) is 7.91. The van der Waals surface area contributed by atoms with Crippen molar-refractivity contribution in [3.05, 3.63) is 29.8 Å². The van der Waals surface area contributed by atoms with Crippen molar-refractivity contribution in [2.24, 2.45) is 0 Å². The van der Waals surface area contributed by atoms with Crippen molar-refractivity contribution < 1.29 is 13.6 Å². The molecule has 0 fully saturated rings. The summed E-state index contributed by atoms with van der Waals surface area (Å²) < 4.78 is 26.6. The number of benzene rings is 1. The summed E-state index contributed by atoms with van der Waals surface area (Å²) >= 11 is 0. The van der Waals surface area contributed by atoms with Crippen LogP contribution in [0.15, 0.2) is 18.2 Å². The Balaban J connectivity index is 2.34. The van der Waals surface area contributed by atoms with Crippen molar-refractivity contribution in [1.29, 1.82) is 0 Å². The highest BCUT2D eigenvalue weighted by molar-refractivity contribution is 5.92. The predicted octanol–water partition coefficient (Wildman–Crippen LogP) is 1.83. The standard InChI is InChI=1S/C14H21F2N3O/c1-10(2)19(3)8-7-17-9-13(20)18-14-11(15)5-4-6-12(14)16/h4-6,10,17H,7-9H2,1-3H3,(H,18,20). The Morgan fingerprint density at radius 2 is 1.90 bits per heavy atom. The lowest BCUT2D eigenvalue weighted by molar-refractivity contribution is -0.115. The summed E-state index contributed by atoms with van der Waals surface area (Å²) in [5, 5.41) is 5.16. The van der Waals surface area contributed by atoms with E-state index >= 15 is 0 Å². The number of para-hydroxylation sites is 1. The highest BCUT2D eigenvalue weighted by atomic mass is 19.1. The highest BCUT2D eigenvalue weighted by Gasteiger charge is 2.11. The van der Waals surface area contributed by atoms with E-state index in [0.717, 1.165) is 18.7 Å². The number of amides is 1. The van der Waals surface area contributed by atoms with E-state index in [1.807, 2.05) is 7.05 Å². The molecule has 0 aromatic heterocycles. The van der Waals surface area contributed by atoms with Crippen LogP contribution in [-0.4, -0.2) is 43.5 Å². The average Bonchev–Trinajstić information content (AvgIpc) is 2.38. The van der Waals surface area contributed by atoms with Crippen LogP contribution in [0.5, 0.6) is 0 Å². The highest BCUT2D eigenvalue weighted by Crippen LogP contribution is 2.17. The molecule has 1 aromatic carbocycles.